The first-order valence-corrected chi connectivity index (χ1v) is 8.10. The Morgan fingerprint density at radius 1 is 1.17 bits per heavy atom. The topological polar surface area (TPSA) is 29.5 Å². The summed E-state index contributed by atoms with van der Waals surface area (Å²) in [4.78, 5) is 14.9. The van der Waals surface area contributed by atoms with Gasteiger partial charge in [0, 0.05) is 12.0 Å². The maximum Gasteiger partial charge on any atom is 0.162 e. The average Bonchev–Trinajstić information content (AvgIpc) is 2.53. The lowest BCUT2D eigenvalue weighted by Gasteiger charge is -2.33. The van der Waals surface area contributed by atoms with Crippen molar-refractivity contribution in [2.45, 2.75) is 33.1 Å². The molecule has 0 amide bonds. The molecule has 0 atom stereocenters. The molecule has 1 aliphatic rings. The molecule has 0 aromatic heterocycles. The number of benzene rings is 1. The smallest absolute Gasteiger partial charge is 0.162 e. The van der Waals surface area contributed by atoms with Crippen LogP contribution < -0.4 is 4.74 Å². The van der Waals surface area contributed by atoms with Gasteiger partial charge in [-0.25, -0.2) is 0 Å². The van der Waals surface area contributed by atoms with Gasteiger partial charge in [-0.3, -0.25) is 4.79 Å². The van der Waals surface area contributed by atoms with Crippen LogP contribution in [-0.4, -0.2) is 37.4 Å². The van der Waals surface area contributed by atoms with E-state index in [4.69, 9.17) is 4.74 Å². The third kappa shape index (κ3) is 6.00. The Labute approximate surface area is 146 Å². The van der Waals surface area contributed by atoms with Gasteiger partial charge in [0.25, 0.3) is 0 Å². The van der Waals surface area contributed by atoms with E-state index in [1.165, 1.54) is 19.3 Å². The molecule has 128 valence electrons. The summed E-state index contributed by atoms with van der Waals surface area (Å²) in [6.45, 7) is 7.18. The Hall–Kier alpha value is -1.32. The van der Waals surface area contributed by atoms with Crippen molar-refractivity contribution in [1.82, 2.24) is 4.90 Å². The fourth-order valence-corrected chi connectivity index (χ4v) is 2.87. The molecule has 23 heavy (non-hydrogen) atoms. The van der Waals surface area contributed by atoms with Crippen LogP contribution in [0, 0.1) is 5.41 Å². The van der Waals surface area contributed by atoms with E-state index in [1.54, 1.807) is 13.2 Å². The summed E-state index contributed by atoms with van der Waals surface area (Å²) in [6, 6.07) is 7.73. The second-order valence-electron chi connectivity index (χ2n) is 6.69. The zero-order valence-electron chi connectivity index (χ0n) is 14.4. The van der Waals surface area contributed by atoms with Crippen LogP contribution in [0.15, 0.2) is 30.3 Å². The standard InChI is InChI=1S/C19H27NO2.ClH/c1-19(2,15-20-13-5-4-6-14-20)18(21)12-9-16-7-10-17(22-3)11-8-16;/h7-12H,4-6,13-15H2,1-3H3;1H/b12-9+;. The number of allylic oxidation sites excluding steroid dienone is 1. The molecular formula is C19H28ClNO2. The number of ketones is 1. The van der Waals surface area contributed by atoms with Gasteiger partial charge in [-0.1, -0.05) is 38.5 Å². The highest BCUT2D eigenvalue weighted by molar-refractivity contribution is 5.97. The van der Waals surface area contributed by atoms with E-state index in [2.05, 4.69) is 4.90 Å². The van der Waals surface area contributed by atoms with Gasteiger partial charge in [0.15, 0.2) is 5.78 Å². The zero-order chi connectivity index (χ0) is 16.0. The summed E-state index contributed by atoms with van der Waals surface area (Å²) < 4.78 is 5.14. The molecular weight excluding hydrogens is 310 g/mol. The van der Waals surface area contributed by atoms with Gasteiger partial charge in [0.1, 0.15) is 5.75 Å². The highest BCUT2D eigenvalue weighted by Crippen LogP contribution is 2.22. The van der Waals surface area contributed by atoms with Crippen molar-refractivity contribution in [3.63, 3.8) is 0 Å². The number of piperidine rings is 1. The van der Waals surface area contributed by atoms with Crippen LogP contribution in [0.25, 0.3) is 6.08 Å². The Kier molecular flexibility index (Phi) is 7.80. The number of carbonyl (C=O) groups excluding carboxylic acids is 1. The molecule has 0 radical (unpaired) electrons. The summed E-state index contributed by atoms with van der Waals surface area (Å²) >= 11 is 0. The third-order valence-electron chi connectivity index (χ3n) is 4.28. The van der Waals surface area contributed by atoms with Crippen molar-refractivity contribution in [2.24, 2.45) is 5.41 Å². The lowest BCUT2D eigenvalue weighted by Crippen LogP contribution is -2.41. The predicted octanol–water partition coefficient (Wildman–Crippen LogP) is 4.21. The number of hydrogen-bond donors (Lipinski definition) is 0. The highest BCUT2D eigenvalue weighted by Gasteiger charge is 2.28. The first-order valence-electron chi connectivity index (χ1n) is 8.10. The molecule has 0 unspecified atom stereocenters. The second kappa shape index (κ2) is 9.09. The molecule has 3 nitrogen and oxygen atoms in total. The quantitative estimate of drug-likeness (QED) is 0.728. The first-order chi connectivity index (χ1) is 10.5. The van der Waals surface area contributed by atoms with Gasteiger partial charge in [-0.2, -0.15) is 0 Å². The van der Waals surface area contributed by atoms with Crippen LogP contribution in [0.4, 0.5) is 0 Å². The molecule has 0 saturated carbocycles. The Morgan fingerprint density at radius 2 is 1.78 bits per heavy atom. The molecule has 0 aliphatic carbocycles. The molecule has 1 aliphatic heterocycles. The molecule has 1 fully saturated rings. The van der Waals surface area contributed by atoms with Crippen LogP contribution in [0.3, 0.4) is 0 Å². The molecule has 0 bridgehead atoms. The van der Waals surface area contributed by atoms with Gasteiger partial charge in [0.05, 0.1) is 7.11 Å². The number of hydrogen-bond acceptors (Lipinski definition) is 3. The molecule has 2 rings (SSSR count). The van der Waals surface area contributed by atoms with Crippen molar-refractivity contribution >= 4 is 24.3 Å². The van der Waals surface area contributed by atoms with Crippen molar-refractivity contribution in [2.75, 3.05) is 26.7 Å². The summed E-state index contributed by atoms with van der Waals surface area (Å²) in [7, 11) is 1.65. The number of likely N-dealkylation sites (tertiary alicyclic amines) is 1. The number of ether oxygens (including phenoxy) is 1. The minimum atomic E-state index is -0.333. The molecule has 1 saturated heterocycles. The van der Waals surface area contributed by atoms with Gasteiger partial charge >= 0.3 is 0 Å². The minimum Gasteiger partial charge on any atom is -0.497 e. The largest absolute Gasteiger partial charge is 0.497 e. The van der Waals surface area contributed by atoms with E-state index >= 15 is 0 Å². The zero-order valence-corrected chi connectivity index (χ0v) is 15.2. The summed E-state index contributed by atoms with van der Waals surface area (Å²) in [5.41, 5.74) is 0.684. The fraction of sp³-hybridized carbons (Fsp3) is 0.526. The molecule has 0 N–H and O–H groups in total. The molecule has 1 heterocycles. The summed E-state index contributed by atoms with van der Waals surface area (Å²) in [5.74, 6) is 1.02. The molecule has 4 heteroatoms. The van der Waals surface area contributed by atoms with E-state index in [9.17, 15) is 4.79 Å². The predicted molar refractivity (Wildman–Crippen MR) is 98.4 cm³/mol. The number of carbonyl (C=O) groups is 1. The Bertz CT molecular complexity index is 517. The number of rotatable bonds is 6. The van der Waals surface area contributed by atoms with Crippen LogP contribution in [0.1, 0.15) is 38.7 Å². The van der Waals surface area contributed by atoms with Crippen molar-refractivity contribution in [1.29, 1.82) is 0 Å². The van der Waals surface area contributed by atoms with Gasteiger partial charge < -0.3 is 9.64 Å². The maximum atomic E-state index is 12.5. The van der Waals surface area contributed by atoms with Gasteiger partial charge in [0.2, 0.25) is 0 Å². The SMILES string of the molecule is COc1ccc(/C=C/C(=O)C(C)(C)CN2CCCCC2)cc1.Cl. The van der Waals surface area contributed by atoms with E-state index in [-0.39, 0.29) is 23.6 Å². The van der Waals surface area contributed by atoms with Crippen LogP contribution in [0.5, 0.6) is 5.75 Å². The molecule has 1 aromatic rings. The van der Waals surface area contributed by atoms with Gasteiger partial charge in [-0.15, -0.1) is 12.4 Å². The van der Waals surface area contributed by atoms with Crippen LogP contribution in [-0.2, 0) is 4.79 Å². The van der Waals surface area contributed by atoms with Crippen molar-refractivity contribution in [3.8, 4) is 5.75 Å². The summed E-state index contributed by atoms with van der Waals surface area (Å²) in [6.07, 6.45) is 7.44. The van der Waals surface area contributed by atoms with Crippen molar-refractivity contribution < 1.29 is 9.53 Å². The molecule has 0 spiro atoms. The van der Waals surface area contributed by atoms with Crippen LogP contribution >= 0.6 is 12.4 Å². The third-order valence-corrected chi connectivity index (χ3v) is 4.28. The average molecular weight is 338 g/mol. The number of nitrogens with zero attached hydrogens (tertiary/aromatic N) is 1. The highest BCUT2D eigenvalue weighted by atomic mass is 35.5. The second-order valence-corrected chi connectivity index (χ2v) is 6.69. The monoisotopic (exact) mass is 337 g/mol. The van der Waals surface area contributed by atoms with E-state index in [1.807, 2.05) is 44.2 Å². The Morgan fingerprint density at radius 3 is 2.35 bits per heavy atom. The maximum absolute atomic E-state index is 12.5. The normalized spacial score (nSPS) is 16.1. The lowest BCUT2D eigenvalue weighted by molar-refractivity contribution is -0.123. The fourth-order valence-electron chi connectivity index (χ4n) is 2.87. The van der Waals surface area contributed by atoms with E-state index < -0.39 is 0 Å². The number of halogens is 1. The Balaban J connectivity index is 0.00000264. The van der Waals surface area contributed by atoms with Gasteiger partial charge in [-0.05, 0) is 49.7 Å². The first kappa shape index (κ1) is 19.7. The van der Waals surface area contributed by atoms with Crippen molar-refractivity contribution in [3.05, 3.63) is 35.9 Å². The lowest BCUT2D eigenvalue weighted by atomic mass is 9.86. The molecule has 1 aromatic carbocycles. The number of methoxy groups -OCH3 is 1. The minimum absolute atomic E-state index is 0. The van der Waals surface area contributed by atoms with E-state index in [0.717, 1.165) is 30.9 Å². The van der Waals surface area contributed by atoms with E-state index in [0.29, 0.717) is 0 Å². The van der Waals surface area contributed by atoms with Crippen LogP contribution in [0.2, 0.25) is 0 Å². The summed E-state index contributed by atoms with van der Waals surface area (Å²) in [5, 5.41) is 0.